The fourth-order valence-electron chi connectivity index (χ4n) is 1.98. The number of ether oxygens (including phenoxy) is 1. The molecule has 21 heavy (non-hydrogen) atoms. The van der Waals surface area contributed by atoms with E-state index in [-0.39, 0.29) is 25.4 Å². The van der Waals surface area contributed by atoms with Crippen molar-refractivity contribution in [2.75, 3.05) is 6.61 Å². The molecule has 0 saturated carbocycles. The minimum absolute atomic E-state index is 0.114. The second-order valence-electron chi connectivity index (χ2n) is 5.87. The molecule has 0 unspecified atom stereocenters. The van der Waals surface area contributed by atoms with Gasteiger partial charge >= 0.3 is 5.97 Å². The zero-order valence-corrected chi connectivity index (χ0v) is 13.0. The first-order valence-electron chi connectivity index (χ1n) is 6.92. The molecule has 0 bridgehead atoms. The van der Waals surface area contributed by atoms with Crippen molar-refractivity contribution in [2.24, 2.45) is 0 Å². The van der Waals surface area contributed by atoms with Crippen LogP contribution in [0.25, 0.3) is 0 Å². The summed E-state index contributed by atoms with van der Waals surface area (Å²) in [5.41, 5.74) is 1.36. The summed E-state index contributed by atoms with van der Waals surface area (Å²) in [5, 5.41) is 11.5. The lowest BCUT2D eigenvalue weighted by atomic mass is 10.0. The summed E-state index contributed by atoms with van der Waals surface area (Å²) in [6.45, 7) is 7.56. The van der Waals surface area contributed by atoms with Gasteiger partial charge in [-0.15, -0.1) is 0 Å². The van der Waals surface area contributed by atoms with E-state index in [1.165, 1.54) is 0 Å². The van der Waals surface area contributed by atoms with Crippen LogP contribution in [-0.4, -0.2) is 29.1 Å². The Morgan fingerprint density at radius 2 is 1.95 bits per heavy atom. The molecule has 0 aliphatic heterocycles. The first kappa shape index (κ1) is 17.0. The molecule has 0 saturated heterocycles. The fraction of sp³-hybridized carbons (Fsp3) is 0.500. The van der Waals surface area contributed by atoms with Crippen LogP contribution < -0.4 is 10.1 Å². The van der Waals surface area contributed by atoms with Crippen molar-refractivity contribution in [3.63, 3.8) is 0 Å². The van der Waals surface area contributed by atoms with Crippen molar-refractivity contribution in [3.8, 4) is 5.75 Å². The van der Waals surface area contributed by atoms with Gasteiger partial charge in [-0.2, -0.15) is 0 Å². The molecule has 0 heterocycles. The van der Waals surface area contributed by atoms with E-state index in [1.54, 1.807) is 13.8 Å². The van der Waals surface area contributed by atoms with E-state index in [4.69, 9.17) is 9.84 Å². The van der Waals surface area contributed by atoms with Crippen molar-refractivity contribution in [1.29, 1.82) is 0 Å². The van der Waals surface area contributed by atoms with Gasteiger partial charge in [0.05, 0.1) is 19.4 Å². The standard InChI is InChI=1S/C16H23NO4/c1-11-5-6-12(2)13(9-11)21-8-7-14(18)17-16(3,4)10-15(19)20/h5-6,9H,7-8,10H2,1-4H3,(H,17,18)(H,19,20). The van der Waals surface area contributed by atoms with Gasteiger partial charge in [-0.3, -0.25) is 9.59 Å². The number of carboxylic acids is 1. The molecule has 1 aromatic carbocycles. The van der Waals surface area contributed by atoms with E-state index in [0.717, 1.165) is 16.9 Å². The van der Waals surface area contributed by atoms with Crippen molar-refractivity contribution < 1.29 is 19.4 Å². The number of hydrogen-bond acceptors (Lipinski definition) is 3. The van der Waals surface area contributed by atoms with E-state index in [1.807, 2.05) is 32.0 Å². The quantitative estimate of drug-likeness (QED) is 0.809. The van der Waals surface area contributed by atoms with Crippen LogP contribution >= 0.6 is 0 Å². The molecule has 0 aliphatic carbocycles. The fourth-order valence-corrected chi connectivity index (χ4v) is 1.98. The Morgan fingerprint density at radius 1 is 1.29 bits per heavy atom. The molecule has 1 rings (SSSR count). The first-order chi connectivity index (χ1) is 9.69. The largest absolute Gasteiger partial charge is 0.493 e. The zero-order chi connectivity index (χ0) is 16.0. The normalized spacial score (nSPS) is 11.0. The summed E-state index contributed by atoms with van der Waals surface area (Å²) in [5.74, 6) is -0.383. The number of aryl methyl sites for hydroxylation is 2. The van der Waals surface area contributed by atoms with Gasteiger partial charge in [-0.05, 0) is 44.9 Å². The monoisotopic (exact) mass is 293 g/mol. The topological polar surface area (TPSA) is 75.6 Å². The number of hydrogen-bond donors (Lipinski definition) is 2. The van der Waals surface area contributed by atoms with Gasteiger partial charge in [-0.25, -0.2) is 0 Å². The Balaban J connectivity index is 2.43. The average molecular weight is 293 g/mol. The third-order valence-corrected chi connectivity index (χ3v) is 3.00. The van der Waals surface area contributed by atoms with Crippen LogP contribution in [-0.2, 0) is 9.59 Å². The SMILES string of the molecule is Cc1ccc(C)c(OCCC(=O)NC(C)(C)CC(=O)O)c1. The van der Waals surface area contributed by atoms with Gasteiger partial charge in [0.2, 0.25) is 5.91 Å². The first-order valence-corrected chi connectivity index (χ1v) is 6.92. The van der Waals surface area contributed by atoms with Crippen molar-refractivity contribution in [2.45, 2.75) is 46.1 Å². The van der Waals surface area contributed by atoms with Crippen LogP contribution in [0.3, 0.4) is 0 Å². The summed E-state index contributed by atoms with van der Waals surface area (Å²) in [4.78, 5) is 22.5. The molecular formula is C16H23NO4. The zero-order valence-electron chi connectivity index (χ0n) is 13.0. The van der Waals surface area contributed by atoms with Crippen molar-refractivity contribution >= 4 is 11.9 Å². The van der Waals surface area contributed by atoms with Crippen LogP contribution in [0.1, 0.15) is 37.8 Å². The van der Waals surface area contributed by atoms with Gasteiger partial charge in [-0.1, -0.05) is 12.1 Å². The number of carbonyl (C=O) groups excluding carboxylic acids is 1. The van der Waals surface area contributed by atoms with E-state index < -0.39 is 11.5 Å². The molecule has 5 heteroatoms. The molecule has 0 spiro atoms. The maximum Gasteiger partial charge on any atom is 0.305 e. The number of aliphatic carboxylic acids is 1. The van der Waals surface area contributed by atoms with Gasteiger partial charge in [0.1, 0.15) is 5.75 Å². The molecule has 2 N–H and O–H groups in total. The molecule has 0 radical (unpaired) electrons. The molecule has 1 amide bonds. The van der Waals surface area contributed by atoms with Gasteiger partial charge in [0.25, 0.3) is 0 Å². The predicted molar refractivity (Wildman–Crippen MR) is 80.5 cm³/mol. The highest BCUT2D eigenvalue weighted by atomic mass is 16.5. The molecular weight excluding hydrogens is 270 g/mol. The number of carbonyl (C=O) groups is 2. The molecule has 116 valence electrons. The molecule has 1 aromatic rings. The predicted octanol–water partition coefficient (Wildman–Crippen LogP) is 2.44. The highest BCUT2D eigenvalue weighted by Gasteiger charge is 2.23. The molecule has 0 atom stereocenters. The average Bonchev–Trinajstić information content (AvgIpc) is 2.31. The van der Waals surface area contributed by atoms with Gasteiger partial charge in [0, 0.05) is 5.54 Å². The number of benzene rings is 1. The lowest BCUT2D eigenvalue weighted by Crippen LogP contribution is -2.45. The van der Waals surface area contributed by atoms with Crippen LogP contribution in [0.5, 0.6) is 5.75 Å². The van der Waals surface area contributed by atoms with E-state index in [2.05, 4.69) is 5.32 Å². The lowest BCUT2D eigenvalue weighted by Gasteiger charge is -2.24. The third-order valence-electron chi connectivity index (χ3n) is 3.00. The van der Waals surface area contributed by atoms with E-state index >= 15 is 0 Å². The summed E-state index contributed by atoms with van der Waals surface area (Å²) in [7, 11) is 0. The Morgan fingerprint density at radius 3 is 2.57 bits per heavy atom. The second kappa shape index (κ2) is 7.11. The Kier molecular flexibility index (Phi) is 5.76. The highest BCUT2D eigenvalue weighted by Crippen LogP contribution is 2.19. The molecule has 0 aromatic heterocycles. The number of carboxylic acid groups (broad SMARTS) is 1. The summed E-state index contributed by atoms with van der Waals surface area (Å²) in [6.07, 6.45) is 0.0764. The van der Waals surface area contributed by atoms with Gasteiger partial charge in [0.15, 0.2) is 0 Å². The van der Waals surface area contributed by atoms with Crippen LogP contribution in [0.15, 0.2) is 18.2 Å². The van der Waals surface area contributed by atoms with E-state index in [9.17, 15) is 9.59 Å². The maximum absolute atomic E-state index is 11.8. The number of amides is 1. The number of rotatable bonds is 7. The molecule has 0 fully saturated rings. The van der Waals surface area contributed by atoms with Crippen LogP contribution in [0.2, 0.25) is 0 Å². The molecule has 0 aliphatic rings. The minimum atomic E-state index is -0.938. The summed E-state index contributed by atoms with van der Waals surface area (Å²) >= 11 is 0. The maximum atomic E-state index is 11.8. The highest BCUT2D eigenvalue weighted by molar-refractivity contribution is 5.78. The summed E-state index contributed by atoms with van der Waals surface area (Å²) in [6, 6.07) is 5.91. The van der Waals surface area contributed by atoms with E-state index in [0.29, 0.717) is 0 Å². The summed E-state index contributed by atoms with van der Waals surface area (Å²) < 4.78 is 5.61. The second-order valence-corrected chi connectivity index (χ2v) is 5.87. The lowest BCUT2D eigenvalue weighted by molar-refractivity contribution is -0.138. The third kappa shape index (κ3) is 6.29. The smallest absolute Gasteiger partial charge is 0.305 e. The van der Waals surface area contributed by atoms with Gasteiger partial charge < -0.3 is 15.2 Å². The Hall–Kier alpha value is -2.04. The van der Waals surface area contributed by atoms with Crippen LogP contribution in [0, 0.1) is 13.8 Å². The van der Waals surface area contributed by atoms with Crippen molar-refractivity contribution in [3.05, 3.63) is 29.3 Å². The van der Waals surface area contributed by atoms with Crippen LogP contribution in [0.4, 0.5) is 0 Å². The Bertz CT molecular complexity index is 523. The minimum Gasteiger partial charge on any atom is -0.493 e. The van der Waals surface area contributed by atoms with Crippen molar-refractivity contribution in [1.82, 2.24) is 5.32 Å². The Labute approximate surface area is 125 Å². The number of nitrogens with one attached hydrogen (secondary N) is 1. The molecule has 5 nitrogen and oxygen atoms in total.